The summed E-state index contributed by atoms with van der Waals surface area (Å²) < 4.78 is 11.4. The Labute approximate surface area is 109 Å². The Bertz CT molecular complexity index is 225. The van der Waals surface area contributed by atoms with Crippen LogP contribution in [0.25, 0.3) is 0 Å². The van der Waals surface area contributed by atoms with Crippen molar-refractivity contribution in [3.05, 3.63) is 0 Å². The van der Waals surface area contributed by atoms with Gasteiger partial charge in [0.25, 0.3) is 0 Å². The van der Waals surface area contributed by atoms with E-state index < -0.39 is 0 Å². The first-order valence-electron chi connectivity index (χ1n) is 6.56. The molecule has 3 heterocycles. The van der Waals surface area contributed by atoms with Crippen molar-refractivity contribution in [1.29, 1.82) is 0 Å². The highest BCUT2D eigenvalue weighted by Crippen LogP contribution is 2.20. The van der Waals surface area contributed by atoms with E-state index >= 15 is 0 Å². The fraction of sp³-hybridized carbons (Fsp3) is 1.00. The van der Waals surface area contributed by atoms with Crippen LogP contribution >= 0.6 is 12.4 Å². The normalized spacial score (nSPS) is 35.3. The largest absolute Gasteiger partial charge is 0.376 e. The van der Waals surface area contributed by atoms with Gasteiger partial charge in [0, 0.05) is 19.6 Å². The van der Waals surface area contributed by atoms with Gasteiger partial charge in [0.15, 0.2) is 0 Å². The molecule has 4 nitrogen and oxygen atoms in total. The van der Waals surface area contributed by atoms with Gasteiger partial charge in [0.1, 0.15) is 0 Å². The van der Waals surface area contributed by atoms with Crippen LogP contribution in [0.15, 0.2) is 0 Å². The maximum atomic E-state index is 5.86. The Kier molecular flexibility index (Phi) is 5.06. The van der Waals surface area contributed by atoms with Crippen molar-refractivity contribution < 1.29 is 9.47 Å². The van der Waals surface area contributed by atoms with Gasteiger partial charge >= 0.3 is 0 Å². The molecule has 3 rings (SSSR count). The Morgan fingerprint density at radius 3 is 2.35 bits per heavy atom. The van der Waals surface area contributed by atoms with Gasteiger partial charge in [-0.05, 0) is 31.8 Å². The molecular formula is C12H23ClN2O2. The van der Waals surface area contributed by atoms with Crippen LogP contribution in [0.1, 0.15) is 12.8 Å². The zero-order chi connectivity index (χ0) is 10.8. The average Bonchev–Trinajstić information content (AvgIpc) is 2.30. The number of rotatable bonds is 2. The van der Waals surface area contributed by atoms with Crippen molar-refractivity contribution in [3.8, 4) is 0 Å². The number of nitrogens with one attached hydrogen (secondary N) is 1. The van der Waals surface area contributed by atoms with Gasteiger partial charge in [0.2, 0.25) is 0 Å². The molecule has 2 atom stereocenters. The smallest absolute Gasteiger partial charge is 0.0940 e. The summed E-state index contributed by atoms with van der Waals surface area (Å²) in [5.74, 6) is 0.890. The lowest BCUT2D eigenvalue weighted by atomic mass is 9.97. The van der Waals surface area contributed by atoms with Gasteiger partial charge in [-0.1, -0.05) is 0 Å². The molecule has 0 aromatic carbocycles. The minimum Gasteiger partial charge on any atom is -0.376 e. The average molecular weight is 263 g/mol. The highest BCUT2D eigenvalue weighted by Gasteiger charge is 2.32. The van der Waals surface area contributed by atoms with Crippen LogP contribution in [-0.2, 0) is 9.47 Å². The Balaban J connectivity index is 0.00000108. The molecule has 0 aromatic heterocycles. The lowest BCUT2D eigenvalue weighted by Crippen LogP contribution is -2.55. The molecule has 1 N–H and O–H groups in total. The van der Waals surface area contributed by atoms with Gasteiger partial charge in [-0.2, -0.15) is 0 Å². The summed E-state index contributed by atoms with van der Waals surface area (Å²) in [5.41, 5.74) is 0. The molecule has 3 fully saturated rings. The van der Waals surface area contributed by atoms with Gasteiger partial charge in [-0.3, -0.25) is 4.90 Å². The van der Waals surface area contributed by atoms with Crippen LogP contribution in [0.5, 0.6) is 0 Å². The van der Waals surface area contributed by atoms with Gasteiger partial charge in [-0.15, -0.1) is 12.4 Å². The lowest BCUT2D eigenvalue weighted by Gasteiger charge is -2.42. The molecule has 0 aromatic rings. The number of morpholine rings is 1. The zero-order valence-electron chi connectivity index (χ0n) is 10.3. The monoisotopic (exact) mass is 262 g/mol. The number of ether oxygens (including phenoxy) is 2. The second kappa shape index (κ2) is 6.34. The van der Waals surface area contributed by atoms with Gasteiger partial charge < -0.3 is 14.8 Å². The topological polar surface area (TPSA) is 33.7 Å². The zero-order valence-corrected chi connectivity index (χ0v) is 11.1. The van der Waals surface area contributed by atoms with Crippen molar-refractivity contribution in [2.24, 2.45) is 5.92 Å². The molecule has 3 saturated heterocycles. The summed E-state index contributed by atoms with van der Waals surface area (Å²) >= 11 is 0. The number of hydrogen-bond donors (Lipinski definition) is 1. The maximum absolute atomic E-state index is 5.86. The number of halogens is 1. The molecule has 0 amide bonds. The van der Waals surface area contributed by atoms with E-state index in [0.29, 0.717) is 12.2 Å². The van der Waals surface area contributed by atoms with Crippen molar-refractivity contribution >= 4 is 12.4 Å². The molecule has 2 unspecified atom stereocenters. The minimum absolute atomic E-state index is 0. The second-order valence-corrected chi connectivity index (χ2v) is 5.33. The second-order valence-electron chi connectivity index (χ2n) is 5.33. The third kappa shape index (κ3) is 3.55. The Morgan fingerprint density at radius 1 is 1.06 bits per heavy atom. The SMILES string of the molecule is C1CC(CN2CC3COCC(C2)O3)CCN1.Cl. The summed E-state index contributed by atoms with van der Waals surface area (Å²) in [4.78, 5) is 2.59. The van der Waals surface area contributed by atoms with Crippen molar-refractivity contribution in [2.45, 2.75) is 25.0 Å². The first-order valence-corrected chi connectivity index (χ1v) is 6.56. The fourth-order valence-corrected chi connectivity index (χ4v) is 3.10. The molecule has 0 spiro atoms. The number of piperidine rings is 1. The highest BCUT2D eigenvalue weighted by molar-refractivity contribution is 5.85. The van der Waals surface area contributed by atoms with Crippen LogP contribution in [0.4, 0.5) is 0 Å². The van der Waals surface area contributed by atoms with E-state index in [2.05, 4.69) is 10.2 Å². The van der Waals surface area contributed by atoms with E-state index in [4.69, 9.17) is 9.47 Å². The Morgan fingerprint density at radius 2 is 1.71 bits per heavy atom. The third-order valence-corrected chi connectivity index (χ3v) is 3.89. The third-order valence-electron chi connectivity index (χ3n) is 3.89. The summed E-state index contributed by atoms with van der Waals surface area (Å²) in [5, 5.41) is 3.43. The van der Waals surface area contributed by atoms with E-state index in [1.165, 1.54) is 32.5 Å². The van der Waals surface area contributed by atoms with Crippen LogP contribution in [0.3, 0.4) is 0 Å². The van der Waals surface area contributed by atoms with E-state index in [-0.39, 0.29) is 12.4 Å². The summed E-state index contributed by atoms with van der Waals surface area (Å²) in [6, 6.07) is 0. The molecule has 5 heteroatoms. The number of fused-ring (bicyclic) bond motifs is 2. The molecule has 3 aliphatic rings. The summed E-state index contributed by atoms with van der Waals surface area (Å²) in [6.45, 7) is 7.38. The standard InChI is InChI=1S/C12H22N2O2.ClH/c1-3-13-4-2-10(1)5-14-6-11-8-15-9-12(7-14)16-11;/h10-13H,1-9H2;1H. The number of nitrogens with zero attached hydrogens (tertiary/aromatic N) is 1. The van der Waals surface area contributed by atoms with E-state index in [0.717, 1.165) is 32.2 Å². The molecule has 0 aliphatic carbocycles. The van der Waals surface area contributed by atoms with E-state index in [1.807, 2.05) is 0 Å². The summed E-state index contributed by atoms with van der Waals surface area (Å²) in [7, 11) is 0. The lowest BCUT2D eigenvalue weighted by molar-refractivity contribution is -0.180. The predicted molar refractivity (Wildman–Crippen MR) is 68.8 cm³/mol. The molecule has 2 bridgehead atoms. The predicted octanol–water partition coefficient (Wildman–Crippen LogP) is 0.507. The van der Waals surface area contributed by atoms with Crippen LogP contribution in [-0.4, -0.2) is 63.0 Å². The number of hydrogen-bond acceptors (Lipinski definition) is 4. The first kappa shape index (κ1) is 13.6. The van der Waals surface area contributed by atoms with Crippen molar-refractivity contribution in [2.75, 3.05) is 45.9 Å². The fourth-order valence-electron chi connectivity index (χ4n) is 3.10. The van der Waals surface area contributed by atoms with Crippen LogP contribution in [0, 0.1) is 5.92 Å². The maximum Gasteiger partial charge on any atom is 0.0940 e. The minimum atomic E-state index is 0. The van der Waals surface area contributed by atoms with Gasteiger partial charge in [-0.25, -0.2) is 0 Å². The molecular weight excluding hydrogens is 240 g/mol. The quantitative estimate of drug-likeness (QED) is 0.786. The van der Waals surface area contributed by atoms with Crippen molar-refractivity contribution in [1.82, 2.24) is 10.2 Å². The van der Waals surface area contributed by atoms with Gasteiger partial charge in [0.05, 0.1) is 25.4 Å². The molecule has 100 valence electrons. The van der Waals surface area contributed by atoms with E-state index in [9.17, 15) is 0 Å². The van der Waals surface area contributed by atoms with E-state index in [1.54, 1.807) is 0 Å². The molecule has 0 saturated carbocycles. The Hall–Kier alpha value is 0.130. The highest BCUT2D eigenvalue weighted by atomic mass is 35.5. The molecule has 0 radical (unpaired) electrons. The van der Waals surface area contributed by atoms with Crippen molar-refractivity contribution in [3.63, 3.8) is 0 Å². The summed E-state index contributed by atoms with van der Waals surface area (Å²) in [6.07, 6.45) is 3.33. The van der Waals surface area contributed by atoms with Crippen LogP contribution in [0.2, 0.25) is 0 Å². The van der Waals surface area contributed by atoms with Crippen LogP contribution < -0.4 is 5.32 Å². The first-order chi connectivity index (χ1) is 7.90. The molecule has 17 heavy (non-hydrogen) atoms. The molecule has 3 aliphatic heterocycles.